The lowest BCUT2D eigenvalue weighted by atomic mass is 9.95. The summed E-state index contributed by atoms with van der Waals surface area (Å²) in [6.45, 7) is -0.493. The molecule has 4 rings (SSSR count). The van der Waals surface area contributed by atoms with Gasteiger partial charge in [-0.15, -0.1) is 0 Å². The number of alkyl halides is 6. The fraction of sp³-hybridized carbons (Fsp3) is 0.185. The van der Waals surface area contributed by atoms with Gasteiger partial charge in [-0.1, -0.05) is 54.6 Å². The van der Waals surface area contributed by atoms with Gasteiger partial charge < -0.3 is 10.1 Å². The summed E-state index contributed by atoms with van der Waals surface area (Å²) in [7, 11) is 1.47. The molecular formula is C27H20F6N2O2. The molecule has 0 atom stereocenters. The van der Waals surface area contributed by atoms with Gasteiger partial charge in [0.15, 0.2) is 0 Å². The van der Waals surface area contributed by atoms with Gasteiger partial charge in [-0.05, 0) is 34.7 Å². The van der Waals surface area contributed by atoms with E-state index in [2.05, 4.69) is 10.3 Å². The molecule has 192 valence electrons. The Labute approximate surface area is 207 Å². The van der Waals surface area contributed by atoms with Crippen LogP contribution in [0.25, 0.3) is 21.9 Å². The van der Waals surface area contributed by atoms with E-state index in [1.54, 1.807) is 42.5 Å². The lowest BCUT2D eigenvalue weighted by Gasteiger charge is -2.17. The number of hydrogen-bond acceptors (Lipinski definition) is 3. The molecule has 4 nitrogen and oxygen atoms in total. The highest BCUT2D eigenvalue weighted by molar-refractivity contribution is 6.08. The molecular weight excluding hydrogens is 498 g/mol. The van der Waals surface area contributed by atoms with E-state index in [-0.39, 0.29) is 23.9 Å². The zero-order valence-electron chi connectivity index (χ0n) is 19.4. The van der Waals surface area contributed by atoms with Gasteiger partial charge in [-0.25, -0.2) is 4.98 Å². The van der Waals surface area contributed by atoms with E-state index in [9.17, 15) is 31.1 Å². The third kappa shape index (κ3) is 5.75. The predicted molar refractivity (Wildman–Crippen MR) is 126 cm³/mol. The van der Waals surface area contributed by atoms with E-state index in [1.165, 1.54) is 7.11 Å². The van der Waals surface area contributed by atoms with Crippen LogP contribution in [0.2, 0.25) is 0 Å². The second-order valence-electron chi connectivity index (χ2n) is 8.22. The van der Waals surface area contributed by atoms with Crippen molar-refractivity contribution in [1.29, 1.82) is 0 Å². The van der Waals surface area contributed by atoms with Crippen LogP contribution in [0.4, 0.5) is 26.3 Å². The van der Waals surface area contributed by atoms with Crippen molar-refractivity contribution in [2.45, 2.75) is 25.5 Å². The van der Waals surface area contributed by atoms with Crippen molar-refractivity contribution in [3.63, 3.8) is 0 Å². The Bertz CT molecular complexity index is 1400. The molecule has 1 heterocycles. The van der Waals surface area contributed by atoms with Crippen LogP contribution in [0.3, 0.4) is 0 Å². The molecule has 0 aliphatic heterocycles. The predicted octanol–water partition coefficient (Wildman–Crippen LogP) is 7.02. The summed E-state index contributed by atoms with van der Waals surface area (Å²) in [4.78, 5) is 17.8. The molecule has 37 heavy (non-hydrogen) atoms. The number of pyridine rings is 1. The standard InChI is InChI=1S/C27H20F6N2O2/c1-37-15-22-20-9-5-6-10-21(20)23(17-7-3-2-4-8-17)24(35-22)25(36)34-14-16-11-18(26(28,29)30)13-19(12-16)27(31,32)33/h2-13H,14-15H2,1H3,(H,34,36). The highest BCUT2D eigenvalue weighted by Gasteiger charge is 2.37. The Morgan fingerprint density at radius 1 is 0.838 bits per heavy atom. The summed E-state index contributed by atoms with van der Waals surface area (Å²) in [5.41, 5.74) is -1.69. The minimum absolute atomic E-state index is 0.0278. The maximum Gasteiger partial charge on any atom is 0.416 e. The Morgan fingerprint density at radius 2 is 1.41 bits per heavy atom. The van der Waals surface area contributed by atoms with Crippen molar-refractivity contribution in [1.82, 2.24) is 10.3 Å². The number of rotatable bonds is 6. The summed E-state index contributed by atoms with van der Waals surface area (Å²) in [6.07, 6.45) is -9.98. The summed E-state index contributed by atoms with van der Waals surface area (Å²) in [5.74, 6) is -0.757. The average Bonchev–Trinajstić information content (AvgIpc) is 2.86. The molecule has 0 saturated heterocycles. The SMILES string of the molecule is COCc1nc(C(=O)NCc2cc(C(F)(F)F)cc(C(F)(F)F)c2)c(-c2ccccc2)c2ccccc12. The monoisotopic (exact) mass is 518 g/mol. The molecule has 10 heteroatoms. The maximum atomic E-state index is 13.3. The highest BCUT2D eigenvalue weighted by Crippen LogP contribution is 2.37. The lowest BCUT2D eigenvalue weighted by Crippen LogP contribution is -2.26. The molecule has 0 fully saturated rings. The van der Waals surface area contributed by atoms with Crippen molar-refractivity contribution < 1.29 is 35.9 Å². The van der Waals surface area contributed by atoms with Crippen molar-refractivity contribution in [2.75, 3.05) is 7.11 Å². The second-order valence-corrected chi connectivity index (χ2v) is 8.22. The van der Waals surface area contributed by atoms with Crippen molar-refractivity contribution in [3.8, 4) is 11.1 Å². The first-order valence-electron chi connectivity index (χ1n) is 11.0. The molecule has 0 spiro atoms. The smallest absolute Gasteiger partial charge is 0.378 e. The minimum Gasteiger partial charge on any atom is -0.378 e. The van der Waals surface area contributed by atoms with Crippen LogP contribution in [0.1, 0.15) is 32.9 Å². The molecule has 0 aliphatic carbocycles. The number of nitrogens with zero attached hydrogens (tertiary/aromatic N) is 1. The third-order valence-electron chi connectivity index (χ3n) is 5.65. The normalized spacial score (nSPS) is 12.1. The quantitative estimate of drug-likeness (QED) is 0.279. The number of nitrogens with one attached hydrogen (secondary N) is 1. The van der Waals surface area contributed by atoms with E-state index >= 15 is 0 Å². The maximum absolute atomic E-state index is 13.3. The number of amides is 1. The fourth-order valence-electron chi connectivity index (χ4n) is 4.03. The number of methoxy groups -OCH3 is 1. The number of carbonyl (C=O) groups is 1. The van der Waals surface area contributed by atoms with Crippen LogP contribution in [-0.2, 0) is 30.2 Å². The fourth-order valence-corrected chi connectivity index (χ4v) is 4.03. The van der Waals surface area contributed by atoms with Gasteiger partial charge in [0.05, 0.1) is 23.4 Å². The number of carbonyl (C=O) groups excluding carboxylic acids is 1. The van der Waals surface area contributed by atoms with E-state index in [1.807, 2.05) is 12.1 Å². The van der Waals surface area contributed by atoms with E-state index in [0.717, 1.165) is 5.39 Å². The summed E-state index contributed by atoms with van der Waals surface area (Å²) >= 11 is 0. The number of aromatic nitrogens is 1. The molecule has 0 aliphatic rings. The van der Waals surface area contributed by atoms with Gasteiger partial charge in [-0.3, -0.25) is 4.79 Å². The van der Waals surface area contributed by atoms with E-state index < -0.39 is 35.9 Å². The molecule has 3 aromatic carbocycles. The molecule has 0 bridgehead atoms. The summed E-state index contributed by atoms with van der Waals surface area (Å²) in [5, 5.41) is 3.88. The lowest BCUT2D eigenvalue weighted by molar-refractivity contribution is -0.143. The first kappa shape index (κ1) is 26.2. The minimum atomic E-state index is -4.99. The number of fused-ring (bicyclic) bond motifs is 1. The Morgan fingerprint density at radius 3 is 1.97 bits per heavy atom. The Balaban J connectivity index is 1.77. The number of benzene rings is 3. The largest absolute Gasteiger partial charge is 0.416 e. The zero-order valence-corrected chi connectivity index (χ0v) is 19.4. The molecule has 0 unspecified atom stereocenters. The molecule has 1 amide bonds. The molecule has 4 aromatic rings. The van der Waals surface area contributed by atoms with E-state index in [4.69, 9.17) is 4.74 Å². The van der Waals surface area contributed by atoms with Gasteiger partial charge in [-0.2, -0.15) is 26.3 Å². The first-order valence-corrected chi connectivity index (χ1v) is 11.0. The van der Waals surface area contributed by atoms with Gasteiger partial charge in [0, 0.05) is 24.6 Å². The first-order chi connectivity index (χ1) is 17.5. The van der Waals surface area contributed by atoms with Gasteiger partial charge in [0.2, 0.25) is 0 Å². The van der Waals surface area contributed by atoms with Crippen molar-refractivity contribution >= 4 is 16.7 Å². The van der Waals surface area contributed by atoms with Gasteiger partial charge in [0.1, 0.15) is 5.69 Å². The highest BCUT2D eigenvalue weighted by atomic mass is 19.4. The molecule has 0 radical (unpaired) electrons. The summed E-state index contributed by atoms with van der Waals surface area (Å²) < 4.78 is 84.6. The van der Waals surface area contributed by atoms with Crippen LogP contribution >= 0.6 is 0 Å². The van der Waals surface area contributed by atoms with Crippen LogP contribution in [0, 0.1) is 0 Å². The Hall–Kier alpha value is -3.92. The van der Waals surface area contributed by atoms with Gasteiger partial charge in [0.25, 0.3) is 5.91 Å². The van der Waals surface area contributed by atoms with Crippen LogP contribution < -0.4 is 5.32 Å². The molecule has 1 aromatic heterocycles. The number of halogens is 6. The molecule has 1 N–H and O–H groups in total. The number of ether oxygens (including phenoxy) is 1. The van der Waals surface area contributed by atoms with Crippen LogP contribution in [0.15, 0.2) is 72.8 Å². The van der Waals surface area contributed by atoms with Crippen LogP contribution in [0.5, 0.6) is 0 Å². The van der Waals surface area contributed by atoms with Crippen molar-refractivity contribution in [2.24, 2.45) is 0 Å². The van der Waals surface area contributed by atoms with Crippen LogP contribution in [-0.4, -0.2) is 18.0 Å². The van der Waals surface area contributed by atoms with E-state index in [0.29, 0.717) is 34.3 Å². The topological polar surface area (TPSA) is 51.2 Å². The molecule has 0 saturated carbocycles. The third-order valence-corrected chi connectivity index (χ3v) is 5.65. The van der Waals surface area contributed by atoms with Crippen molar-refractivity contribution in [3.05, 3.63) is 101 Å². The van der Waals surface area contributed by atoms with Gasteiger partial charge >= 0.3 is 12.4 Å². The number of hydrogen-bond donors (Lipinski definition) is 1. The second kappa shape index (κ2) is 10.2. The Kier molecular flexibility index (Phi) is 7.22. The zero-order chi connectivity index (χ0) is 26.8. The summed E-state index contributed by atoms with van der Waals surface area (Å²) in [6, 6.07) is 17.3. The average molecular weight is 518 g/mol.